The number of ketones is 1. The van der Waals surface area contributed by atoms with Crippen molar-refractivity contribution in [2.45, 2.75) is 0 Å². The molecule has 0 atom stereocenters. The Kier molecular flexibility index (Phi) is 6.09. The zero-order valence-electron chi connectivity index (χ0n) is 18.2. The smallest absolute Gasteiger partial charge is 0.308 e. The number of amides is 2. The molecule has 2 amide bonds. The van der Waals surface area contributed by atoms with Crippen LogP contribution in [0.5, 0.6) is 0 Å². The first-order valence-corrected chi connectivity index (χ1v) is 10.9. The van der Waals surface area contributed by atoms with Crippen LogP contribution in [0.15, 0.2) is 73.2 Å². The van der Waals surface area contributed by atoms with Gasteiger partial charge in [0, 0.05) is 23.0 Å². The summed E-state index contributed by atoms with van der Waals surface area (Å²) in [6, 6.07) is 11.6. The fraction of sp³-hybridized carbons (Fsp3) is 0. The maximum absolute atomic E-state index is 15.2. The van der Waals surface area contributed by atoms with Gasteiger partial charge in [-0.05, 0) is 48.5 Å². The quantitative estimate of drug-likeness (QED) is 0.261. The van der Waals surface area contributed by atoms with Crippen molar-refractivity contribution in [1.29, 1.82) is 0 Å². The van der Waals surface area contributed by atoms with Crippen LogP contribution in [-0.2, 0) is 0 Å². The van der Waals surface area contributed by atoms with Gasteiger partial charge in [0.15, 0.2) is 11.6 Å². The summed E-state index contributed by atoms with van der Waals surface area (Å²) < 4.78 is 28.8. The second kappa shape index (κ2) is 9.51. The summed E-state index contributed by atoms with van der Waals surface area (Å²) in [6.45, 7) is 0. The largest absolute Gasteiger partial charge is 0.323 e. The van der Waals surface area contributed by atoms with Gasteiger partial charge in [-0.25, -0.2) is 18.6 Å². The zero-order valence-corrected chi connectivity index (χ0v) is 19.0. The van der Waals surface area contributed by atoms with Crippen LogP contribution >= 0.6 is 11.6 Å². The SMILES string of the molecule is O=C(Nc1ccc(Cl)c(F)c1)Nc1cccc(C(=O)c2ccc3ncc(-c4cn[nH]c4)nc3c2)c1F. The first-order valence-electron chi connectivity index (χ1n) is 10.5. The van der Waals surface area contributed by atoms with Crippen LogP contribution in [0, 0.1) is 11.6 Å². The van der Waals surface area contributed by atoms with Crippen molar-refractivity contribution in [2.75, 3.05) is 10.6 Å². The highest BCUT2D eigenvalue weighted by Crippen LogP contribution is 2.24. The topological polar surface area (TPSA) is 113 Å². The minimum atomic E-state index is -0.918. The summed E-state index contributed by atoms with van der Waals surface area (Å²) in [5, 5.41) is 11.2. The number of aromatic amines is 1. The van der Waals surface area contributed by atoms with Crippen LogP contribution in [0.1, 0.15) is 15.9 Å². The number of nitrogens with zero attached hydrogens (tertiary/aromatic N) is 3. The number of carbonyl (C=O) groups is 2. The molecule has 2 aromatic heterocycles. The van der Waals surface area contributed by atoms with Crippen molar-refractivity contribution < 1.29 is 18.4 Å². The molecule has 0 aliphatic heterocycles. The molecule has 178 valence electrons. The Labute approximate surface area is 207 Å². The first-order chi connectivity index (χ1) is 17.4. The minimum Gasteiger partial charge on any atom is -0.308 e. The van der Waals surface area contributed by atoms with Crippen molar-refractivity contribution in [1.82, 2.24) is 20.2 Å². The highest BCUT2D eigenvalue weighted by molar-refractivity contribution is 6.30. The summed E-state index contributed by atoms with van der Waals surface area (Å²) in [5.74, 6) is -2.24. The summed E-state index contributed by atoms with van der Waals surface area (Å²) in [6.07, 6.45) is 4.85. The molecular formula is C25H15ClF2N6O2. The summed E-state index contributed by atoms with van der Waals surface area (Å²) in [7, 11) is 0. The van der Waals surface area contributed by atoms with Gasteiger partial charge in [0.2, 0.25) is 0 Å². The molecule has 0 bridgehead atoms. The highest BCUT2D eigenvalue weighted by atomic mass is 35.5. The summed E-state index contributed by atoms with van der Waals surface area (Å²) >= 11 is 5.63. The molecule has 36 heavy (non-hydrogen) atoms. The number of nitrogens with one attached hydrogen (secondary N) is 3. The van der Waals surface area contributed by atoms with Gasteiger partial charge in [0.05, 0.1) is 45.4 Å². The number of halogens is 3. The lowest BCUT2D eigenvalue weighted by Crippen LogP contribution is -2.21. The van der Waals surface area contributed by atoms with E-state index in [1.165, 1.54) is 42.5 Å². The highest BCUT2D eigenvalue weighted by Gasteiger charge is 2.19. The maximum Gasteiger partial charge on any atom is 0.323 e. The van der Waals surface area contributed by atoms with E-state index in [1.54, 1.807) is 24.7 Å². The molecule has 2 heterocycles. The molecule has 0 aliphatic rings. The Morgan fingerprint density at radius 1 is 0.944 bits per heavy atom. The second-order valence-electron chi connectivity index (χ2n) is 7.65. The van der Waals surface area contributed by atoms with E-state index in [0.717, 1.165) is 11.6 Å². The third kappa shape index (κ3) is 4.62. The van der Waals surface area contributed by atoms with Gasteiger partial charge in [-0.15, -0.1) is 0 Å². The normalized spacial score (nSPS) is 10.9. The number of rotatable bonds is 5. The van der Waals surface area contributed by atoms with E-state index in [1.807, 2.05) is 0 Å². The average molecular weight is 505 g/mol. The van der Waals surface area contributed by atoms with Gasteiger partial charge < -0.3 is 10.6 Å². The van der Waals surface area contributed by atoms with E-state index in [2.05, 4.69) is 30.8 Å². The molecule has 0 saturated heterocycles. The second-order valence-corrected chi connectivity index (χ2v) is 8.06. The number of H-pyrrole nitrogens is 1. The van der Waals surface area contributed by atoms with E-state index < -0.39 is 23.4 Å². The van der Waals surface area contributed by atoms with Crippen LogP contribution in [0.25, 0.3) is 22.3 Å². The van der Waals surface area contributed by atoms with Gasteiger partial charge in [-0.2, -0.15) is 5.10 Å². The number of hydrogen-bond acceptors (Lipinski definition) is 5. The van der Waals surface area contributed by atoms with E-state index in [-0.39, 0.29) is 27.5 Å². The number of carbonyl (C=O) groups excluding carboxylic acids is 2. The molecule has 0 unspecified atom stereocenters. The van der Waals surface area contributed by atoms with Gasteiger partial charge >= 0.3 is 6.03 Å². The molecule has 0 fully saturated rings. The number of fused-ring (bicyclic) bond motifs is 1. The van der Waals surface area contributed by atoms with Crippen LogP contribution in [-0.4, -0.2) is 32.0 Å². The van der Waals surface area contributed by atoms with Crippen molar-refractivity contribution in [3.8, 4) is 11.3 Å². The number of urea groups is 1. The maximum atomic E-state index is 15.2. The molecule has 0 spiro atoms. The molecular weight excluding hydrogens is 490 g/mol. The number of benzene rings is 3. The Morgan fingerprint density at radius 3 is 2.58 bits per heavy atom. The molecule has 5 aromatic rings. The molecule has 8 nitrogen and oxygen atoms in total. The third-order valence-corrected chi connectivity index (χ3v) is 5.57. The van der Waals surface area contributed by atoms with E-state index >= 15 is 4.39 Å². The van der Waals surface area contributed by atoms with Gasteiger partial charge in [-0.1, -0.05) is 17.7 Å². The monoisotopic (exact) mass is 504 g/mol. The van der Waals surface area contributed by atoms with Crippen molar-refractivity contribution in [3.63, 3.8) is 0 Å². The van der Waals surface area contributed by atoms with E-state index in [4.69, 9.17) is 11.6 Å². The van der Waals surface area contributed by atoms with E-state index in [0.29, 0.717) is 16.7 Å². The summed E-state index contributed by atoms with van der Waals surface area (Å²) in [5.41, 5.74) is 2.14. The van der Waals surface area contributed by atoms with Crippen LogP contribution in [0.4, 0.5) is 25.0 Å². The number of anilines is 2. The Hall–Kier alpha value is -4.70. The van der Waals surface area contributed by atoms with Gasteiger partial charge in [0.1, 0.15) is 5.82 Å². The minimum absolute atomic E-state index is 0.101. The van der Waals surface area contributed by atoms with Crippen molar-refractivity contribution in [2.24, 2.45) is 0 Å². The first kappa shape index (κ1) is 23.1. The molecule has 0 aliphatic carbocycles. The lowest BCUT2D eigenvalue weighted by atomic mass is 10.0. The third-order valence-electron chi connectivity index (χ3n) is 5.27. The molecule has 0 saturated carbocycles. The van der Waals surface area contributed by atoms with Crippen LogP contribution < -0.4 is 10.6 Å². The zero-order chi connectivity index (χ0) is 25.2. The lowest BCUT2D eigenvalue weighted by molar-refractivity contribution is 0.103. The molecule has 5 rings (SSSR count). The number of aromatic nitrogens is 4. The van der Waals surface area contributed by atoms with Gasteiger partial charge in [-0.3, -0.25) is 14.9 Å². The predicted molar refractivity (Wildman–Crippen MR) is 131 cm³/mol. The van der Waals surface area contributed by atoms with Crippen molar-refractivity contribution in [3.05, 3.63) is 101 Å². The molecule has 0 radical (unpaired) electrons. The van der Waals surface area contributed by atoms with Crippen molar-refractivity contribution >= 4 is 45.8 Å². The molecule has 3 N–H and O–H groups in total. The van der Waals surface area contributed by atoms with E-state index in [9.17, 15) is 14.0 Å². The number of hydrogen-bond donors (Lipinski definition) is 3. The standard InChI is InChI=1S/C25H15ClF2N6O2/c26-17-6-5-15(9-18(17)27)32-25(36)34-20-3-1-2-16(23(20)28)24(35)13-4-7-19-21(8-13)33-22(12-29-19)14-10-30-31-11-14/h1-12H,(H,30,31)(H2,32,34,36). The van der Waals surface area contributed by atoms with Crippen LogP contribution in [0.3, 0.4) is 0 Å². The fourth-order valence-corrected chi connectivity index (χ4v) is 3.62. The predicted octanol–water partition coefficient (Wildman–Crippen LogP) is 5.83. The fourth-order valence-electron chi connectivity index (χ4n) is 3.50. The van der Waals surface area contributed by atoms with Crippen LogP contribution in [0.2, 0.25) is 5.02 Å². The Morgan fingerprint density at radius 2 is 1.81 bits per heavy atom. The lowest BCUT2D eigenvalue weighted by Gasteiger charge is -2.11. The Balaban J connectivity index is 1.39. The molecule has 11 heteroatoms. The van der Waals surface area contributed by atoms with Gasteiger partial charge in [0.25, 0.3) is 0 Å². The average Bonchev–Trinajstić information content (AvgIpc) is 3.42. The Bertz CT molecular complexity index is 1630. The summed E-state index contributed by atoms with van der Waals surface area (Å²) in [4.78, 5) is 34.3. The molecule has 3 aromatic carbocycles.